The number of amides is 1. The van der Waals surface area contributed by atoms with Crippen molar-refractivity contribution in [3.63, 3.8) is 0 Å². The number of hydrogen-bond acceptors (Lipinski definition) is 5. The summed E-state index contributed by atoms with van der Waals surface area (Å²) < 4.78 is 33.1. The van der Waals surface area contributed by atoms with Gasteiger partial charge in [0.15, 0.2) is 6.61 Å². The number of benzene rings is 1. The zero-order valence-electron chi connectivity index (χ0n) is 17.5. The number of aryl methyl sites for hydroxylation is 2. The third-order valence-electron chi connectivity index (χ3n) is 5.52. The molecule has 7 nitrogen and oxygen atoms in total. The molecule has 0 atom stereocenters. The summed E-state index contributed by atoms with van der Waals surface area (Å²) in [5, 5.41) is 0. The number of ether oxygens (including phenoxy) is 1. The average molecular weight is 411 g/mol. The first kappa shape index (κ1) is 22.4. The second-order valence-corrected chi connectivity index (χ2v) is 9.54. The summed E-state index contributed by atoms with van der Waals surface area (Å²) in [6.45, 7) is 7.73. The molecule has 1 amide bonds. The van der Waals surface area contributed by atoms with Crippen LogP contribution >= 0.6 is 0 Å². The summed E-state index contributed by atoms with van der Waals surface area (Å²) in [6, 6.07) is 2.00. The molecule has 1 saturated heterocycles. The molecule has 156 valence electrons. The molecule has 28 heavy (non-hydrogen) atoms. The molecular weight excluding hydrogens is 380 g/mol. The zero-order chi connectivity index (χ0) is 21.2. The van der Waals surface area contributed by atoms with Crippen LogP contribution in [0.15, 0.2) is 11.0 Å². The number of rotatable bonds is 5. The predicted octanol–water partition coefficient (Wildman–Crippen LogP) is 1.95. The van der Waals surface area contributed by atoms with E-state index in [2.05, 4.69) is 0 Å². The molecule has 1 fully saturated rings. The fourth-order valence-electron chi connectivity index (χ4n) is 3.41. The maximum Gasteiger partial charge on any atom is 0.309 e. The van der Waals surface area contributed by atoms with Crippen LogP contribution in [0.5, 0.6) is 0 Å². The lowest BCUT2D eigenvalue weighted by molar-refractivity contribution is -0.155. The normalized spacial score (nSPS) is 16.1. The first-order chi connectivity index (χ1) is 13.0. The van der Waals surface area contributed by atoms with E-state index in [0.29, 0.717) is 17.7 Å². The van der Waals surface area contributed by atoms with Gasteiger partial charge in [0.1, 0.15) is 0 Å². The maximum absolute atomic E-state index is 13.3. The van der Waals surface area contributed by atoms with Gasteiger partial charge in [0.25, 0.3) is 5.91 Å². The quantitative estimate of drug-likeness (QED) is 0.693. The molecule has 1 heterocycles. The first-order valence-electron chi connectivity index (χ1n) is 9.41. The third-order valence-corrected chi connectivity index (χ3v) is 7.69. The molecule has 1 aliphatic rings. The highest BCUT2D eigenvalue weighted by Crippen LogP contribution is 2.31. The van der Waals surface area contributed by atoms with Gasteiger partial charge in [-0.15, -0.1) is 0 Å². The minimum absolute atomic E-state index is 0.260. The molecule has 1 aromatic rings. The maximum atomic E-state index is 13.3. The molecule has 0 aromatic heterocycles. The summed E-state index contributed by atoms with van der Waals surface area (Å²) in [5.41, 5.74) is 3.44. The lowest BCUT2D eigenvalue weighted by Crippen LogP contribution is -2.41. The van der Waals surface area contributed by atoms with Crippen molar-refractivity contribution in [1.82, 2.24) is 9.21 Å². The summed E-state index contributed by atoms with van der Waals surface area (Å²) in [6.07, 6.45) is 0.772. The van der Waals surface area contributed by atoms with Crippen LogP contribution in [0.2, 0.25) is 0 Å². The van der Waals surface area contributed by atoms with Crippen LogP contribution in [0.4, 0.5) is 0 Å². The molecular formula is C20H30N2O5S. The van der Waals surface area contributed by atoms with Crippen molar-refractivity contribution < 1.29 is 22.7 Å². The van der Waals surface area contributed by atoms with E-state index in [4.69, 9.17) is 4.74 Å². The first-order valence-corrected chi connectivity index (χ1v) is 10.8. The summed E-state index contributed by atoms with van der Waals surface area (Å²) in [4.78, 5) is 25.5. The van der Waals surface area contributed by atoms with Gasteiger partial charge in [0.05, 0.1) is 10.8 Å². The molecule has 1 aromatic carbocycles. The molecule has 0 unspecified atom stereocenters. The van der Waals surface area contributed by atoms with Crippen molar-refractivity contribution in [2.75, 3.05) is 33.8 Å². The monoisotopic (exact) mass is 410 g/mol. The van der Waals surface area contributed by atoms with Gasteiger partial charge < -0.3 is 9.64 Å². The molecule has 0 saturated carbocycles. The molecule has 0 N–H and O–H groups in total. The van der Waals surface area contributed by atoms with Crippen molar-refractivity contribution in [3.05, 3.63) is 28.3 Å². The van der Waals surface area contributed by atoms with Crippen LogP contribution in [0, 0.1) is 33.6 Å². The van der Waals surface area contributed by atoms with Crippen LogP contribution in [0.1, 0.15) is 35.1 Å². The molecule has 8 heteroatoms. The SMILES string of the molecule is Cc1cc(C)c(C)c(S(=O)(=O)N2CCC(C(=O)OCC(=O)N(C)C)CC2)c1C. The highest BCUT2D eigenvalue weighted by Gasteiger charge is 2.35. The Labute approximate surface area is 167 Å². The van der Waals surface area contributed by atoms with Crippen LogP contribution in [0.3, 0.4) is 0 Å². The Morgan fingerprint density at radius 2 is 1.57 bits per heavy atom. The van der Waals surface area contributed by atoms with E-state index in [-0.39, 0.29) is 31.5 Å². The minimum Gasteiger partial charge on any atom is -0.455 e. The Morgan fingerprint density at radius 3 is 2.04 bits per heavy atom. The van der Waals surface area contributed by atoms with E-state index >= 15 is 0 Å². The Balaban J connectivity index is 2.09. The predicted molar refractivity (Wildman–Crippen MR) is 107 cm³/mol. The van der Waals surface area contributed by atoms with Gasteiger partial charge in [-0.1, -0.05) is 6.07 Å². The van der Waals surface area contributed by atoms with Gasteiger partial charge in [-0.2, -0.15) is 4.31 Å². The van der Waals surface area contributed by atoms with Crippen molar-refractivity contribution >= 4 is 21.9 Å². The van der Waals surface area contributed by atoms with E-state index in [1.54, 1.807) is 14.1 Å². The number of hydrogen-bond donors (Lipinski definition) is 0. The van der Waals surface area contributed by atoms with Crippen LogP contribution in [0.25, 0.3) is 0 Å². The number of likely N-dealkylation sites (N-methyl/N-ethyl adjacent to an activating group) is 1. The van der Waals surface area contributed by atoms with Crippen LogP contribution in [-0.4, -0.2) is 63.3 Å². The van der Waals surface area contributed by atoms with Gasteiger partial charge in [-0.25, -0.2) is 8.42 Å². The van der Waals surface area contributed by atoms with E-state index < -0.39 is 16.0 Å². The Kier molecular flexibility index (Phi) is 6.88. The molecule has 1 aliphatic heterocycles. The number of carbonyl (C=O) groups is 2. The molecule has 0 bridgehead atoms. The van der Waals surface area contributed by atoms with Crippen molar-refractivity contribution in [2.24, 2.45) is 5.92 Å². The Hall–Kier alpha value is -1.93. The number of esters is 1. The number of nitrogens with zero attached hydrogens (tertiary/aromatic N) is 2. The lowest BCUT2D eigenvalue weighted by Gasteiger charge is -2.31. The zero-order valence-corrected chi connectivity index (χ0v) is 18.4. The molecule has 0 radical (unpaired) electrons. The highest BCUT2D eigenvalue weighted by molar-refractivity contribution is 7.89. The summed E-state index contributed by atoms with van der Waals surface area (Å²) in [7, 11) is -0.447. The van der Waals surface area contributed by atoms with Gasteiger partial charge >= 0.3 is 5.97 Å². The van der Waals surface area contributed by atoms with Gasteiger partial charge in [0.2, 0.25) is 10.0 Å². The number of piperidine rings is 1. The fourth-order valence-corrected chi connectivity index (χ4v) is 5.45. The van der Waals surface area contributed by atoms with Crippen molar-refractivity contribution in [2.45, 2.75) is 45.4 Å². The van der Waals surface area contributed by atoms with E-state index in [1.165, 1.54) is 9.21 Å². The standard InChI is InChI=1S/C20H30N2O5S/c1-13-11-14(2)16(4)19(15(13)3)28(25,26)22-9-7-17(8-10-22)20(24)27-12-18(23)21(5)6/h11,17H,7-10,12H2,1-6H3. The summed E-state index contributed by atoms with van der Waals surface area (Å²) >= 11 is 0. The van der Waals surface area contributed by atoms with Crippen molar-refractivity contribution in [3.8, 4) is 0 Å². The largest absolute Gasteiger partial charge is 0.455 e. The number of carbonyl (C=O) groups excluding carboxylic acids is 2. The minimum atomic E-state index is -3.63. The van der Waals surface area contributed by atoms with E-state index in [9.17, 15) is 18.0 Å². The van der Waals surface area contributed by atoms with Gasteiger partial charge in [-0.3, -0.25) is 9.59 Å². The van der Waals surface area contributed by atoms with Crippen LogP contribution < -0.4 is 0 Å². The number of sulfonamides is 1. The van der Waals surface area contributed by atoms with Gasteiger partial charge in [0, 0.05) is 27.2 Å². The van der Waals surface area contributed by atoms with E-state index in [0.717, 1.165) is 22.3 Å². The van der Waals surface area contributed by atoms with Gasteiger partial charge in [-0.05, 0) is 62.8 Å². The molecule has 0 spiro atoms. The third kappa shape index (κ3) is 4.55. The topological polar surface area (TPSA) is 84.0 Å². The van der Waals surface area contributed by atoms with Crippen molar-refractivity contribution in [1.29, 1.82) is 0 Å². The highest BCUT2D eigenvalue weighted by atomic mass is 32.2. The van der Waals surface area contributed by atoms with E-state index in [1.807, 2.05) is 33.8 Å². The second kappa shape index (κ2) is 8.61. The van der Waals surface area contributed by atoms with Crippen LogP contribution in [-0.2, 0) is 24.3 Å². The second-order valence-electron chi connectivity index (χ2n) is 7.66. The summed E-state index contributed by atoms with van der Waals surface area (Å²) in [5.74, 6) is -1.11. The molecule has 0 aliphatic carbocycles. The average Bonchev–Trinajstić information content (AvgIpc) is 2.64. The Bertz CT molecular complexity index is 843. The fraction of sp³-hybridized carbons (Fsp3) is 0.600. The lowest BCUT2D eigenvalue weighted by atomic mass is 9.98. The Morgan fingerprint density at radius 1 is 1.07 bits per heavy atom. The molecule has 2 rings (SSSR count). The smallest absolute Gasteiger partial charge is 0.309 e.